The van der Waals surface area contributed by atoms with Gasteiger partial charge in [-0.15, -0.1) is 0 Å². The van der Waals surface area contributed by atoms with Crippen molar-refractivity contribution in [2.75, 3.05) is 32.7 Å². The summed E-state index contributed by atoms with van der Waals surface area (Å²) in [5.41, 5.74) is 2.38. The lowest BCUT2D eigenvalue weighted by Gasteiger charge is -2.36. The Bertz CT molecular complexity index is 1020. The van der Waals surface area contributed by atoms with E-state index in [4.69, 9.17) is 4.98 Å². The van der Waals surface area contributed by atoms with Gasteiger partial charge in [-0.2, -0.15) is 0 Å². The van der Waals surface area contributed by atoms with Crippen LogP contribution < -0.4 is 5.56 Å². The summed E-state index contributed by atoms with van der Waals surface area (Å²) in [6, 6.07) is 12.4. The van der Waals surface area contributed by atoms with Gasteiger partial charge in [0.15, 0.2) is 0 Å². The summed E-state index contributed by atoms with van der Waals surface area (Å²) in [7, 11) is 0. The first-order valence-electron chi connectivity index (χ1n) is 12.8. The number of likely N-dealkylation sites (tertiary alicyclic amines) is 2. The van der Waals surface area contributed by atoms with Crippen LogP contribution in [-0.2, 0) is 17.8 Å². The third kappa shape index (κ3) is 5.21. The van der Waals surface area contributed by atoms with Crippen LogP contribution in [0.4, 0.5) is 0 Å². The van der Waals surface area contributed by atoms with Gasteiger partial charge in [-0.05, 0) is 50.6 Å². The molecule has 3 aliphatic heterocycles. The summed E-state index contributed by atoms with van der Waals surface area (Å²) < 4.78 is 1.88. The van der Waals surface area contributed by atoms with E-state index >= 15 is 0 Å². The molecule has 2 aromatic rings. The highest BCUT2D eigenvalue weighted by Crippen LogP contribution is 2.28. The molecule has 2 atom stereocenters. The van der Waals surface area contributed by atoms with Gasteiger partial charge in [0, 0.05) is 50.5 Å². The Hall–Kier alpha value is -2.47. The van der Waals surface area contributed by atoms with Crippen molar-refractivity contribution in [3.8, 4) is 0 Å². The second kappa shape index (κ2) is 10.2. The number of hydrogen-bond donors (Lipinski definition) is 0. The molecule has 5 rings (SSSR count). The molecule has 2 fully saturated rings. The zero-order valence-electron chi connectivity index (χ0n) is 19.6. The van der Waals surface area contributed by atoms with E-state index in [1.54, 1.807) is 6.07 Å². The number of hydrogen-bond acceptors (Lipinski definition) is 4. The Morgan fingerprint density at radius 2 is 1.73 bits per heavy atom. The average Bonchev–Trinajstić information content (AvgIpc) is 3.11. The number of piperidine rings is 2. The molecule has 6 nitrogen and oxygen atoms in total. The van der Waals surface area contributed by atoms with Crippen LogP contribution in [0.15, 0.2) is 41.2 Å². The van der Waals surface area contributed by atoms with E-state index in [1.807, 2.05) is 4.57 Å². The van der Waals surface area contributed by atoms with Crippen molar-refractivity contribution in [3.63, 3.8) is 0 Å². The van der Waals surface area contributed by atoms with Crippen LogP contribution >= 0.6 is 0 Å². The molecule has 176 valence electrons. The molecule has 0 N–H and O–H groups in total. The standard InChI is InChI=1S/C27H36N4O2/c32-26-17-24(28-25-13-5-2-6-16-31(25)26)23-12-7-14-29(18-23)20-27(33)30-15-8-11-22(19-30)21-9-3-1-4-10-21/h1,3-4,9-10,17,22-23H,2,5-8,11-16,18-20H2/t22-,23+/m0/s1. The van der Waals surface area contributed by atoms with Gasteiger partial charge in [-0.1, -0.05) is 36.8 Å². The fourth-order valence-corrected chi connectivity index (χ4v) is 5.88. The molecule has 0 bridgehead atoms. The first-order chi connectivity index (χ1) is 16.2. The van der Waals surface area contributed by atoms with Gasteiger partial charge >= 0.3 is 0 Å². The van der Waals surface area contributed by atoms with Gasteiger partial charge < -0.3 is 4.90 Å². The summed E-state index contributed by atoms with van der Waals surface area (Å²) in [6.45, 7) is 4.72. The first kappa shape index (κ1) is 22.3. The van der Waals surface area contributed by atoms with Crippen LogP contribution in [-0.4, -0.2) is 58.0 Å². The normalized spacial score (nSPS) is 24.2. The van der Waals surface area contributed by atoms with Crippen LogP contribution in [0, 0.1) is 0 Å². The number of nitrogens with zero attached hydrogens (tertiary/aromatic N) is 4. The van der Waals surface area contributed by atoms with E-state index in [1.165, 1.54) is 12.0 Å². The monoisotopic (exact) mass is 448 g/mol. The third-order valence-corrected chi connectivity index (χ3v) is 7.72. The number of fused-ring (bicyclic) bond motifs is 1. The Labute approximate surface area is 196 Å². The van der Waals surface area contributed by atoms with Gasteiger partial charge in [0.1, 0.15) is 5.82 Å². The highest BCUT2D eigenvalue weighted by atomic mass is 16.2. The molecule has 3 aliphatic rings. The third-order valence-electron chi connectivity index (χ3n) is 7.72. The van der Waals surface area contributed by atoms with Gasteiger partial charge in [0.05, 0.1) is 12.2 Å². The maximum Gasteiger partial charge on any atom is 0.253 e. The Morgan fingerprint density at radius 1 is 0.909 bits per heavy atom. The first-order valence-corrected chi connectivity index (χ1v) is 12.8. The lowest BCUT2D eigenvalue weighted by atomic mass is 9.90. The average molecular weight is 449 g/mol. The van der Waals surface area contributed by atoms with E-state index < -0.39 is 0 Å². The molecular formula is C27H36N4O2. The largest absolute Gasteiger partial charge is 0.341 e. The van der Waals surface area contributed by atoms with Crippen molar-refractivity contribution < 1.29 is 4.79 Å². The van der Waals surface area contributed by atoms with Gasteiger partial charge in [0.25, 0.3) is 5.56 Å². The topological polar surface area (TPSA) is 58.4 Å². The maximum absolute atomic E-state index is 13.2. The minimum Gasteiger partial charge on any atom is -0.341 e. The fraction of sp³-hybridized carbons (Fsp3) is 0.593. The predicted molar refractivity (Wildman–Crippen MR) is 129 cm³/mol. The van der Waals surface area contributed by atoms with E-state index in [0.717, 1.165) is 89.2 Å². The fourth-order valence-electron chi connectivity index (χ4n) is 5.88. The summed E-state index contributed by atoms with van der Waals surface area (Å²) in [5.74, 6) is 1.89. The number of amides is 1. The Kier molecular flexibility index (Phi) is 6.91. The molecule has 6 heteroatoms. The van der Waals surface area contributed by atoms with Crippen LogP contribution in [0.2, 0.25) is 0 Å². The predicted octanol–water partition coefficient (Wildman–Crippen LogP) is 3.56. The highest BCUT2D eigenvalue weighted by Gasteiger charge is 2.29. The number of carbonyl (C=O) groups excluding carboxylic acids is 1. The van der Waals surface area contributed by atoms with Gasteiger partial charge in [0.2, 0.25) is 5.91 Å². The Balaban J connectivity index is 1.22. The number of benzene rings is 1. The zero-order valence-corrected chi connectivity index (χ0v) is 19.6. The SMILES string of the molecule is O=C(CN1CCC[C@@H](c2cc(=O)n3c(n2)CCCCC3)C1)N1CCC[C@H](c2ccccc2)C1. The Morgan fingerprint density at radius 3 is 2.61 bits per heavy atom. The van der Waals surface area contributed by atoms with Crippen molar-refractivity contribution in [2.45, 2.75) is 69.7 Å². The van der Waals surface area contributed by atoms with E-state index in [0.29, 0.717) is 12.5 Å². The summed E-state index contributed by atoms with van der Waals surface area (Å²) >= 11 is 0. The van der Waals surface area contributed by atoms with Crippen molar-refractivity contribution in [2.24, 2.45) is 0 Å². The molecule has 1 amide bonds. The summed E-state index contributed by atoms with van der Waals surface area (Å²) in [6.07, 6.45) is 8.55. The van der Waals surface area contributed by atoms with E-state index in [9.17, 15) is 9.59 Å². The molecular weight excluding hydrogens is 412 g/mol. The highest BCUT2D eigenvalue weighted by molar-refractivity contribution is 5.78. The van der Waals surface area contributed by atoms with Crippen molar-refractivity contribution in [1.82, 2.24) is 19.4 Å². The molecule has 4 heterocycles. The zero-order chi connectivity index (χ0) is 22.6. The van der Waals surface area contributed by atoms with E-state index in [-0.39, 0.29) is 17.4 Å². The van der Waals surface area contributed by atoms with Crippen molar-refractivity contribution >= 4 is 5.91 Å². The molecule has 33 heavy (non-hydrogen) atoms. The minimum absolute atomic E-state index is 0.102. The molecule has 0 spiro atoms. The second-order valence-electron chi connectivity index (χ2n) is 10.1. The second-order valence-corrected chi connectivity index (χ2v) is 10.1. The molecule has 0 radical (unpaired) electrons. The van der Waals surface area contributed by atoms with Crippen molar-refractivity contribution in [3.05, 3.63) is 63.8 Å². The minimum atomic E-state index is 0.102. The number of carbonyl (C=O) groups is 1. The molecule has 0 saturated carbocycles. The van der Waals surface area contributed by atoms with Crippen LogP contribution in [0.1, 0.15) is 73.9 Å². The number of aromatic nitrogens is 2. The molecule has 1 aromatic heterocycles. The molecule has 0 unspecified atom stereocenters. The van der Waals surface area contributed by atoms with E-state index in [2.05, 4.69) is 40.1 Å². The quantitative estimate of drug-likeness (QED) is 0.718. The summed E-state index contributed by atoms with van der Waals surface area (Å²) in [4.78, 5) is 35.2. The van der Waals surface area contributed by atoms with Crippen LogP contribution in [0.3, 0.4) is 0 Å². The lowest BCUT2D eigenvalue weighted by molar-refractivity contribution is -0.134. The smallest absolute Gasteiger partial charge is 0.253 e. The van der Waals surface area contributed by atoms with Crippen LogP contribution in [0.25, 0.3) is 0 Å². The maximum atomic E-state index is 13.2. The molecule has 1 aromatic carbocycles. The lowest BCUT2D eigenvalue weighted by Crippen LogP contribution is -2.46. The van der Waals surface area contributed by atoms with Gasteiger partial charge in [-0.25, -0.2) is 4.98 Å². The molecule has 2 saturated heterocycles. The number of rotatable bonds is 4. The van der Waals surface area contributed by atoms with Crippen molar-refractivity contribution in [1.29, 1.82) is 0 Å². The van der Waals surface area contributed by atoms with Crippen LogP contribution in [0.5, 0.6) is 0 Å². The number of aryl methyl sites for hydroxylation is 1. The summed E-state index contributed by atoms with van der Waals surface area (Å²) in [5, 5.41) is 0. The van der Waals surface area contributed by atoms with Gasteiger partial charge in [-0.3, -0.25) is 19.1 Å². The molecule has 0 aliphatic carbocycles.